The van der Waals surface area contributed by atoms with Crippen LogP contribution in [-0.4, -0.2) is 9.97 Å². The highest BCUT2D eigenvalue weighted by atomic mass is 35.5. The number of aromatic nitrogens is 2. The van der Waals surface area contributed by atoms with Crippen LogP contribution < -0.4 is 4.74 Å². The summed E-state index contributed by atoms with van der Waals surface area (Å²) >= 11 is 0. The Bertz CT molecular complexity index is 926. The van der Waals surface area contributed by atoms with Gasteiger partial charge in [0, 0.05) is 0 Å². The third kappa shape index (κ3) is 2.59. The van der Waals surface area contributed by atoms with E-state index in [9.17, 15) is 0 Å². The molecule has 3 nitrogen and oxygen atoms in total. The molecule has 1 heterocycles. The molecule has 3 aromatic carbocycles. The molecule has 0 fully saturated rings. The molecule has 0 atom stereocenters. The third-order valence-corrected chi connectivity index (χ3v) is 3.30. The van der Waals surface area contributed by atoms with E-state index in [1.807, 2.05) is 72.8 Å². The van der Waals surface area contributed by atoms with E-state index in [0.29, 0.717) is 0 Å². The van der Waals surface area contributed by atoms with Crippen molar-refractivity contribution in [3.63, 3.8) is 0 Å². The van der Waals surface area contributed by atoms with Gasteiger partial charge in [-0.3, -0.25) is 0 Å². The van der Waals surface area contributed by atoms with Gasteiger partial charge in [-0.05, 0) is 36.4 Å². The second-order valence-corrected chi connectivity index (χ2v) is 4.75. The standard InChI is InChI=1S/C18H12N2O.ClH/c1-2-7-13(8-3-1)21-17-12-6-11-16-18(17)20-15-10-5-4-9-14(15)19-16;/h1-12H;1H. The minimum Gasteiger partial charge on any atom is -0.455 e. The van der Waals surface area contributed by atoms with E-state index in [4.69, 9.17) is 4.74 Å². The maximum absolute atomic E-state index is 5.94. The molecule has 0 spiro atoms. The predicted molar refractivity (Wildman–Crippen MR) is 90.8 cm³/mol. The third-order valence-electron chi connectivity index (χ3n) is 3.30. The molecule has 0 aliphatic rings. The highest BCUT2D eigenvalue weighted by Gasteiger charge is 2.07. The molecule has 0 radical (unpaired) electrons. The maximum atomic E-state index is 5.94. The van der Waals surface area contributed by atoms with E-state index in [1.165, 1.54) is 0 Å². The fraction of sp³-hybridized carbons (Fsp3) is 0. The summed E-state index contributed by atoms with van der Waals surface area (Å²) in [6.07, 6.45) is 0. The molecule has 4 rings (SSSR count). The van der Waals surface area contributed by atoms with Crippen LogP contribution in [-0.2, 0) is 0 Å². The van der Waals surface area contributed by atoms with Crippen LogP contribution in [0.4, 0.5) is 0 Å². The van der Waals surface area contributed by atoms with Crippen LogP contribution in [0, 0.1) is 0 Å². The number of fused-ring (bicyclic) bond motifs is 2. The number of ether oxygens (including phenoxy) is 1. The first-order chi connectivity index (χ1) is 10.4. The van der Waals surface area contributed by atoms with Crippen LogP contribution in [0.5, 0.6) is 11.5 Å². The summed E-state index contributed by atoms with van der Waals surface area (Å²) in [6, 6.07) is 23.4. The minimum atomic E-state index is 0. The molecule has 0 saturated heterocycles. The highest BCUT2D eigenvalue weighted by Crippen LogP contribution is 2.28. The van der Waals surface area contributed by atoms with Crippen molar-refractivity contribution >= 4 is 34.5 Å². The van der Waals surface area contributed by atoms with Gasteiger partial charge in [0.2, 0.25) is 0 Å². The fourth-order valence-electron chi connectivity index (χ4n) is 2.31. The van der Waals surface area contributed by atoms with Crippen LogP contribution in [0.3, 0.4) is 0 Å². The SMILES string of the molecule is Cl.c1ccc(Oc2cccc3nc4ccccc4nc23)cc1. The summed E-state index contributed by atoms with van der Waals surface area (Å²) < 4.78 is 5.94. The number of nitrogens with zero attached hydrogens (tertiary/aromatic N) is 2. The molecule has 4 aromatic rings. The van der Waals surface area contributed by atoms with Crippen LogP contribution in [0.1, 0.15) is 0 Å². The van der Waals surface area contributed by atoms with Crippen LogP contribution in [0.15, 0.2) is 72.8 Å². The summed E-state index contributed by atoms with van der Waals surface area (Å²) in [6.45, 7) is 0. The molecule has 0 amide bonds. The Kier molecular flexibility index (Phi) is 3.90. The Hall–Kier alpha value is -2.65. The van der Waals surface area contributed by atoms with Crippen LogP contribution in [0.25, 0.3) is 22.1 Å². The van der Waals surface area contributed by atoms with E-state index in [2.05, 4.69) is 9.97 Å². The fourth-order valence-corrected chi connectivity index (χ4v) is 2.31. The van der Waals surface area contributed by atoms with Crippen molar-refractivity contribution in [1.82, 2.24) is 9.97 Å². The average molecular weight is 309 g/mol. The lowest BCUT2D eigenvalue weighted by atomic mass is 10.2. The predicted octanol–water partition coefficient (Wildman–Crippen LogP) is 5.00. The topological polar surface area (TPSA) is 35.0 Å². The molecule has 1 aromatic heterocycles. The molecule has 0 saturated carbocycles. The average Bonchev–Trinajstić information content (AvgIpc) is 2.54. The summed E-state index contributed by atoms with van der Waals surface area (Å²) in [5.74, 6) is 1.51. The lowest BCUT2D eigenvalue weighted by Crippen LogP contribution is -1.91. The molecular weight excluding hydrogens is 296 g/mol. The van der Waals surface area contributed by atoms with E-state index in [0.717, 1.165) is 33.6 Å². The lowest BCUT2D eigenvalue weighted by molar-refractivity contribution is 0.487. The zero-order valence-corrected chi connectivity index (χ0v) is 12.5. The highest BCUT2D eigenvalue weighted by molar-refractivity contribution is 5.89. The zero-order valence-electron chi connectivity index (χ0n) is 11.6. The smallest absolute Gasteiger partial charge is 0.155 e. The monoisotopic (exact) mass is 308 g/mol. The van der Waals surface area contributed by atoms with Crippen molar-refractivity contribution in [3.05, 3.63) is 72.8 Å². The van der Waals surface area contributed by atoms with Gasteiger partial charge >= 0.3 is 0 Å². The van der Waals surface area contributed by atoms with Gasteiger partial charge < -0.3 is 4.74 Å². The molecule has 0 aliphatic heterocycles. The van der Waals surface area contributed by atoms with Crippen molar-refractivity contribution in [2.75, 3.05) is 0 Å². The Labute approximate surface area is 134 Å². The second-order valence-electron chi connectivity index (χ2n) is 4.75. The molecular formula is C18H13ClN2O. The van der Waals surface area contributed by atoms with Gasteiger partial charge in [-0.15, -0.1) is 12.4 Å². The number of hydrogen-bond donors (Lipinski definition) is 0. The molecule has 4 heteroatoms. The largest absolute Gasteiger partial charge is 0.455 e. The van der Waals surface area contributed by atoms with E-state index in [1.54, 1.807) is 0 Å². The first-order valence-corrected chi connectivity index (χ1v) is 6.78. The Morgan fingerprint density at radius 2 is 1.23 bits per heavy atom. The molecule has 0 unspecified atom stereocenters. The number of halogens is 1. The Morgan fingerprint density at radius 1 is 0.591 bits per heavy atom. The van der Waals surface area contributed by atoms with Crippen molar-refractivity contribution in [2.24, 2.45) is 0 Å². The lowest BCUT2D eigenvalue weighted by Gasteiger charge is -2.08. The number of hydrogen-bond acceptors (Lipinski definition) is 3. The number of para-hydroxylation sites is 4. The zero-order chi connectivity index (χ0) is 14.1. The summed E-state index contributed by atoms with van der Waals surface area (Å²) in [5.41, 5.74) is 3.37. The van der Waals surface area contributed by atoms with Gasteiger partial charge in [0.05, 0.1) is 16.6 Å². The van der Waals surface area contributed by atoms with Gasteiger partial charge in [0.25, 0.3) is 0 Å². The Morgan fingerprint density at radius 3 is 2.00 bits per heavy atom. The van der Waals surface area contributed by atoms with Crippen molar-refractivity contribution < 1.29 is 4.74 Å². The molecule has 0 bridgehead atoms. The quantitative estimate of drug-likeness (QED) is 0.489. The Balaban J connectivity index is 0.00000144. The molecule has 0 aliphatic carbocycles. The molecule has 22 heavy (non-hydrogen) atoms. The van der Waals surface area contributed by atoms with Gasteiger partial charge in [0.1, 0.15) is 11.3 Å². The maximum Gasteiger partial charge on any atom is 0.155 e. The molecule has 0 N–H and O–H groups in total. The van der Waals surface area contributed by atoms with Gasteiger partial charge in [-0.2, -0.15) is 0 Å². The van der Waals surface area contributed by atoms with E-state index < -0.39 is 0 Å². The summed E-state index contributed by atoms with van der Waals surface area (Å²) in [4.78, 5) is 9.32. The number of benzene rings is 3. The normalized spacial score (nSPS) is 10.4. The van der Waals surface area contributed by atoms with Crippen molar-refractivity contribution in [3.8, 4) is 11.5 Å². The van der Waals surface area contributed by atoms with Crippen LogP contribution >= 0.6 is 12.4 Å². The summed E-state index contributed by atoms with van der Waals surface area (Å²) in [5, 5.41) is 0. The first kappa shape index (κ1) is 14.3. The van der Waals surface area contributed by atoms with Gasteiger partial charge in [-0.1, -0.05) is 36.4 Å². The van der Waals surface area contributed by atoms with E-state index in [-0.39, 0.29) is 12.4 Å². The van der Waals surface area contributed by atoms with Gasteiger partial charge in [0.15, 0.2) is 5.75 Å². The number of rotatable bonds is 2. The van der Waals surface area contributed by atoms with Crippen molar-refractivity contribution in [2.45, 2.75) is 0 Å². The minimum absolute atomic E-state index is 0. The van der Waals surface area contributed by atoms with Crippen LogP contribution in [0.2, 0.25) is 0 Å². The molecule has 108 valence electrons. The van der Waals surface area contributed by atoms with E-state index >= 15 is 0 Å². The van der Waals surface area contributed by atoms with Crippen molar-refractivity contribution in [1.29, 1.82) is 0 Å². The van der Waals surface area contributed by atoms with Gasteiger partial charge in [-0.25, -0.2) is 9.97 Å². The summed E-state index contributed by atoms with van der Waals surface area (Å²) in [7, 11) is 0. The second kappa shape index (κ2) is 6.00. The first-order valence-electron chi connectivity index (χ1n) is 6.78.